The van der Waals surface area contributed by atoms with Gasteiger partial charge >= 0.3 is 6.03 Å². The second kappa shape index (κ2) is 13.7. The Labute approximate surface area is 267 Å². The number of rotatable bonds is 9. The van der Waals surface area contributed by atoms with E-state index in [0.717, 1.165) is 32.9 Å². The smallest absolute Gasteiger partial charge is 0.318 e. The molecule has 4 aromatic rings. The van der Waals surface area contributed by atoms with Crippen molar-refractivity contribution < 1.29 is 19.1 Å². The van der Waals surface area contributed by atoms with Gasteiger partial charge in [-0.15, -0.1) is 11.3 Å². The topological polar surface area (TPSA) is 87.7 Å². The van der Waals surface area contributed by atoms with Gasteiger partial charge in [0.2, 0.25) is 5.91 Å². The van der Waals surface area contributed by atoms with Gasteiger partial charge in [-0.3, -0.25) is 9.59 Å². The van der Waals surface area contributed by atoms with Gasteiger partial charge in [-0.1, -0.05) is 60.1 Å². The minimum absolute atomic E-state index is 0.111. The van der Waals surface area contributed by atoms with Crippen LogP contribution < -0.4 is 15.4 Å². The number of nitrogens with zero attached hydrogens (tertiary/aromatic N) is 1. The van der Waals surface area contributed by atoms with E-state index >= 15 is 0 Å². The third kappa shape index (κ3) is 6.23. The van der Waals surface area contributed by atoms with Crippen LogP contribution in [0.5, 0.6) is 5.75 Å². The molecule has 2 heterocycles. The molecule has 5 rings (SSSR count). The molecule has 1 aliphatic rings. The van der Waals surface area contributed by atoms with E-state index in [0.29, 0.717) is 17.1 Å². The Bertz CT molecular complexity index is 1640. The number of urea groups is 1. The molecule has 7 nitrogen and oxygen atoms in total. The minimum Gasteiger partial charge on any atom is -0.497 e. The lowest BCUT2D eigenvalue weighted by Crippen LogP contribution is -2.51. The summed E-state index contributed by atoms with van der Waals surface area (Å²) in [5, 5.41) is 8.51. The van der Waals surface area contributed by atoms with E-state index in [2.05, 4.69) is 10.6 Å². The number of carbonyl (C=O) groups is 3. The molecule has 4 unspecified atom stereocenters. The molecule has 44 heavy (non-hydrogen) atoms. The normalized spacial score (nSPS) is 19.4. The number of Topliss-reactive ketones (excluding diaryl/α,β-unsaturated/α-hetero) is 1. The lowest BCUT2D eigenvalue weighted by atomic mass is 9.77. The van der Waals surface area contributed by atoms with Crippen LogP contribution >= 0.6 is 22.9 Å². The van der Waals surface area contributed by atoms with Crippen molar-refractivity contribution in [3.8, 4) is 5.75 Å². The number of methoxy groups -OCH3 is 1. The Morgan fingerprint density at radius 2 is 1.61 bits per heavy atom. The molecule has 3 aromatic carbocycles. The van der Waals surface area contributed by atoms with Crippen LogP contribution in [0.1, 0.15) is 56.4 Å². The minimum atomic E-state index is -0.962. The summed E-state index contributed by atoms with van der Waals surface area (Å²) in [5.41, 5.74) is 4.00. The molecule has 0 aliphatic carbocycles. The average Bonchev–Trinajstić information content (AvgIpc) is 3.61. The van der Waals surface area contributed by atoms with Gasteiger partial charge in [0.25, 0.3) is 0 Å². The molecule has 1 aliphatic heterocycles. The Balaban J connectivity index is 1.67. The fourth-order valence-corrected chi connectivity index (χ4v) is 7.36. The molecule has 4 atom stereocenters. The van der Waals surface area contributed by atoms with Crippen molar-refractivity contribution >= 4 is 40.7 Å². The van der Waals surface area contributed by atoms with Gasteiger partial charge in [-0.25, -0.2) is 4.79 Å². The number of hydrogen-bond acceptors (Lipinski definition) is 5. The number of ether oxygens (including phenoxy) is 1. The maximum absolute atomic E-state index is 14.7. The summed E-state index contributed by atoms with van der Waals surface area (Å²) in [7, 11) is 1.60. The van der Waals surface area contributed by atoms with Crippen LogP contribution in [0.25, 0.3) is 0 Å². The molecule has 1 fully saturated rings. The largest absolute Gasteiger partial charge is 0.497 e. The first-order chi connectivity index (χ1) is 21.2. The van der Waals surface area contributed by atoms with Gasteiger partial charge in [0, 0.05) is 34.5 Å². The maximum Gasteiger partial charge on any atom is 0.318 e. The van der Waals surface area contributed by atoms with E-state index in [1.807, 2.05) is 92.9 Å². The number of aryl methyl sites for hydroxylation is 2. The van der Waals surface area contributed by atoms with Gasteiger partial charge in [-0.05, 0) is 78.7 Å². The number of nitrogens with one attached hydrogen (secondary N) is 2. The Kier molecular flexibility index (Phi) is 9.71. The zero-order valence-electron chi connectivity index (χ0n) is 25.2. The number of halogens is 1. The first-order valence-corrected chi connectivity index (χ1v) is 15.9. The Morgan fingerprint density at radius 3 is 2.23 bits per heavy atom. The Hall–Kier alpha value is -4.14. The fourth-order valence-electron chi connectivity index (χ4n) is 6.13. The third-order valence-corrected chi connectivity index (χ3v) is 9.63. The quantitative estimate of drug-likeness (QED) is 0.194. The number of thiophene rings is 1. The van der Waals surface area contributed by atoms with E-state index in [1.54, 1.807) is 24.1 Å². The predicted octanol–water partition coefficient (Wildman–Crippen LogP) is 7.08. The fraction of sp³-hybridized carbons (Fsp3) is 0.286. The van der Waals surface area contributed by atoms with Crippen LogP contribution in [-0.2, 0) is 11.3 Å². The summed E-state index contributed by atoms with van der Waals surface area (Å²) in [5.74, 6) is -1.06. The van der Waals surface area contributed by atoms with Crippen molar-refractivity contribution in [1.82, 2.24) is 15.5 Å². The van der Waals surface area contributed by atoms with Crippen LogP contribution in [-0.4, -0.2) is 42.3 Å². The highest BCUT2D eigenvalue weighted by atomic mass is 35.5. The molecule has 0 bridgehead atoms. The van der Waals surface area contributed by atoms with Gasteiger partial charge < -0.3 is 20.3 Å². The number of likely N-dealkylation sites (tertiary alicyclic amines) is 1. The van der Waals surface area contributed by atoms with Gasteiger partial charge in [0.1, 0.15) is 11.8 Å². The number of carbonyl (C=O) groups excluding carboxylic acids is 3. The summed E-state index contributed by atoms with van der Waals surface area (Å²) in [6, 6.07) is 22.0. The van der Waals surface area contributed by atoms with Crippen LogP contribution in [0.2, 0.25) is 5.02 Å². The lowest BCUT2D eigenvalue weighted by Gasteiger charge is -2.31. The van der Waals surface area contributed by atoms with Crippen molar-refractivity contribution in [3.05, 3.63) is 122 Å². The first kappa shape index (κ1) is 31.3. The molecule has 3 amide bonds. The van der Waals surface area contributed by atoms with Crippen molar-refractivity contribution in [2.45, 2.75) is 45.3 Å². The van der Waals surface area contributed by atoms with Crippen LogP contribution in [0, 0.1) is 19.8 Å². The summed E-state index contributed by atoms with van der Waals surface area (Å²) in [6.45, 7) is 6.34. The van der Waals surface area contributed by atoms with Crippen molar-refractivity contribution in [1.29, 1.82) is 0 Å². The third-order valence-electron chi connectivity index (χ3n) is 8.25. The summed E-state index contributed by atoms with van der Waals surface area (Å²) >= 11 is 7.79. The first-order valence-electron chi connectivity index (χ1n) is 14.6. The molecule has 0 spiro atoms. The highest BCUT2D eigenvalue weighted by Crippen LogP contribution is 2.53. The molecule has 1 saturated heterocycles. The number of benzene rings is 3. The number of hydrogen-bond donors (Lipinski definition) is 2. The number of amides is 3. The van der Waals surface area contributed by atoms with E-state index in [9.17, 15) is 14.4 Å². The highest BCUT2D eigenvalue weighted by molar-refractivity contribution is 7.10. The van der Waals surface area contributed by atoms with Gasteiger partial charge in [0.05, 0.1) is 19.1 Å². The van der Waals surface area contributed by atoms with E-state index in [-0.39, 0.29) is 18.2 Å². The van der Waals surface area contributed by atoms with Crippen molar-refractivity contribution in [2.24, 2.45) is 5.92 Å². The van der Waals surface area contributed by atoms with Crippen LogP contribution in [0.15, 0.2) is 84.2 Å². The lowest BCUT2D eigenvalue weighted by molar-refractivity contribution is -0.125. The van der Waals surface area contributed by atoms with Crippen molar-refractivity contribution in [3.63, 3.8) is 0 Å². The van der Waals surface area contributed by atoms with Crippen LogP contribution in [0.4, 0.5) is 4.79 Å². The van der Waals surface area contributed by atoms with Gasteiger partial charge in [-0.2, -0.15) is 0 Å². The Morgan fingerprint density at radius 1 is 0.909 bits per heavy atom. The monoisotopic (exact) mass is 629 g/mol. The van der Waals surface area contributed by atoms with E-state index < -0.39 is 30.0 Å². The second-order valence-corrected chi connectivity index (χ2v) is 12.3. The molecule has 1 aromatic heterocycles. The van der Waals surface area contributed by atoms with E-state index in [4.69, 9.17) is 16.3 Å². The highest BCUT2D eigenvalue weighted by Gasteiger charge is 2.58. The second-order valence-electron chi connectivity index (χ2n) is 10.9. The molecule has 9 heteroatoms. The average molecular weight is 630 g/mol. The number of ketones is 1. The maximum atomic E-state index is 14.7. The molecule has 2 N–H and O–H groups in total. The summed E-state index contributed by atoms with van der Waals surface area (Å²) in [6.07, 6.45) is 0. The summed E-state index contributed by atoms with van der Waals surface area (Å²) in [4.78, 5) is 45.6. The molecule has 228 valence electrons. The van der Waals surface area contributed by atoms with Gasteiger partial charge in [0.15, 0.2) is 5.78 Å². The molecule has 0 saturated carbocycles. The zero-order chi connectivity index (χ0) is 31.4. The molecular weight excluding hydrogens is 594 g/mol. The van der Waals surface area contributed by atoms with E-state index in [1.165, 1.54) is 11.3 Å². The molecular formula is C35H36ClN3O4S. The summed E-state index contributed by atoms with van der Waals surface area (Å²) < 4.78 is 5.27. The van der Waals surface area contributed by atoms with Crippen molar-refractivity contribution in [2.75, 3.05) is 13.7 Å². The zero-order valence-corrected chi connectivity index (χ0v) is 26.7. The predicted molar refractivity (Wildman–Crippen MR) is 175 cm³/mol. The SMILES string of the molecule is CCNC(=O)N1C(C(=O)NCc2ccc(OC)cc2)C(c2sccc2C)C(C(=O)c2ccccc2C)C1c1ccc(Cl)cc1. The van der Waals surface area contributed by atoms with Crippen LogP contribution in [0.3, 0.4) is 0 Å². The molecule has 0 radical (unpaired) electrons. The standard InChI is InChI=1S/C35H36ClN3O4S/c1-5-37-35(42)39-30(24-12-14-25(36)15-13-24)28(32(40)27-9-7-6-8-21(27)2)29(33-22(3)18-19-44-33)31(39)34(41)38-20-23-10-16-26(43-4)17-11-23/h6-19,28-31H,5,20H2,1-4H3,(H,37,42)(H,38,41).